The minimum Gasteiger partial charge on any atom is -0.350 e. The minimum atomic E-state index is -3.39. The molecule has 22 heavy (non-hydrogen) atoms. The van der Waals surface area contributed by atoms with Gasteiger partial charge in [-0.05, 0) is 12.1 Å². The summed E-state index contributed by atoms with van der Waals surface area (Å²) in [5.41, 5.74) is 0. The molecule has 0 radical (unpaired) electrons. The van der Waals surface area contributed by atoms with Crippen LogP contribution in [0.15, 0.2) is 18.2 Å². The van der Waals surface area contributed by atoms with Crippen molar-refractivity contribution in [3.8, 4) is 0 Å². The molecule has 0 bridgehead atoms. The summed E-state index contributed by atoms with van der Waals surface area (Å²) in [7, 11) is -0.550. The van der Waals surface area contributed by atoms with Crippen molar-refractivity contribution >= 4 is 49.0 Å². The maximum absolute atomic E-state index is 13.7. The van der Waals surface area contributed by atoms with Crippen molar-refractivity contribution in [2.45, 2.75) is 0 Å². The summed E-state index contributed by atoms with van der Waals surface area (Å²) in [6, 6.07) is 4.48. The number of thiophene rings is 1. The first-order chi connectivity index (χ1) is 10.2. The van der Waals surface area contributed by atoms with Gasteiger partial charge in [0.15, 0.2) is 0 Å². The molecular formula is C13H14ClFN2O3S2. The van der Waals surface area contributed by atoms with Gasteiger partial charge in [-0.2, -0.15) is 0 Å². The molecule has 0 fully saturated rings. The number of halogens is 2. The summed E-state index contributed by atoms with van der Waals surface area (Å²) in [6.07, 6.45) is 0. The van der Waals surface area contributed by atoms with E-state index in [1.807, 2.05) is 0 Å². The summed E-state index contributed by atoms with van der Waals surface area (Å²) in [5.74, 6) is -1.23. The van der Waals surface area contributed by atoms with Crippen LogP contribution in [0.4, 0.5) is 4.39 Å². The lowest BCUT2D eigenvalue weighted by Crippen LogP contribution is -2.33. The van der Waals surface area contributed by atoms with Crippen molar-refractivity contribution in [1.29, 1.82) is 0 Å². The Morgan fingerprint density at radius 1 is 1.41 bits per heavy atom. The second-order valence-electron chi connectivity index (χ2n) is 4.71. The van der Waals surface area contributed by atoms with E-state index in [0.29, 0.717) is 4.70 Å². The molecule has 2 aromatic rings. The minimum absolute atomic E-state index is 0.0473. The molecule has 0 aliphatic carbocycles. The van der Waals surface area contributed by atoms with E-state index in [9.17, 15) is 17.6 Å². The molecule has 1 aromatic heterocycles. The molecule has 9 heteroatoms. The maximum Gasteiger partial charge on any atom is 0.262 e. The monoisotopic (exact) mass is 364 g/mol. The van der Waals surface area contributed by atoms with E-state index in [-0.39, 0.29) is 27.6 Å². The number of sulfonamides is 1. The highest BCUT2D eigenvalue weighted by Gasteiger charge is 2.20. The van der Waals surface area contributed by atoms with Crippen molar-refractivity contribution in [2.75, 3.05) is 26.4 Å². The van der Waals surface area contributed by atoms with Gasteiger partial charge in [-0.25, -0.2) is 17.1 Å². The molecule has 0 unspecified atom stereocenters. The largest absolute Gasteiger partial charge is 0.350 e. The van der Waals surface area contributed by atoms with E-state index >= 15 is 0 Å². The summed E-state index contributed by atoms with van der Waals surface area (Å²) in [6.45, 7) is -0.0492. The van der Waals surface area contributed by atoms with E-state index in [1.165, 1.54) is 26.2 Å². The van der Waals surface area contributed by atoms with Gasteiger partial charge in [0.1, 0.15) is 10.7 Å². The van der Waals surface area contributed by atoms with E-state index < -0.39 is 21.7 Å². The summed E-state index contributed by atoms with van der Waals surface area (Å²) in [5, 5.41) is 2.75. The lowest BCUT2D eigenvalue weighted by molar-refractivity contribution is 0.0960. The molecule has 1 heterocycles. The van der Waals surface area contributed by atoms with Gasteiger partial charge in [0, 0.05) is 30.7 Å². The third kappa shape index (κ3) is 3.40. The van der Waals surface area contributed by atoms with E-state index in [4.69, 9.17) is 11.6 Å². The Balaban J connectivity index is 2.14. The van der Waals surface area contributed by atoms with Crippen molar-refractivity contribution < 1.29 is 17.6 Å². The quantitative estimate of drug-likeness (QED) is 0.885. The van der Waals surface area contributed by atoms with Gasteiger partial charge in [0.05, 0.1) is 10.8 Å². The predicted octanol–water partition coefficient (Wildman–Crippen LogP) is 2.31. The number of carbonyl (C=O) groups is 1. The van der Waals surface area contributed by atoms with Gasteiger partial charge in [0.25, 0.3) is 5.91 Å². The van der Waals surface area contributed by atoms with Crippen LogP contribution >= 0.6 is 22.9 Å². The standard InChI is InChI=1S/C13H14ClFN2O3S2/c1-17(2)22(19,20)7-6-16-13(18)12-11(14)10-8(15)4-3-5-9(10)21-12/h3-5H,6-7H2,1-2H3,(H,16,18). The summed E-state index contributed by atoms with van der Waals surface area (Å²) in [4.78, 5) is 12.3. The summed E-state index contributed by atoms with van der Waals surface area (Å²) >= 11 is 7.13. The van der Waals surface area contributed by atoms with Crippen molar-refractivity contribution in [3.63, 3.8) is 0 Å². The molecule has 0 atom stereocenters. The van der Waals surface area contributed by atoms with Gasteiger partial charge in [-0.3, -0.25) is 4.79 Å². The van der Waals surface area contributed by atoms with Crippen LogP contribution in [0.1, 0.15) is 9.67 Å². The van der Waals surface area contributed by atoms with Crippen LogP contribution < -0.4 is 5.32 Å². The topological polar surface area (TPSA) is 66.5 Å². The van der Waals surface area contributed by atoms with Crippen LogP contribution in [0.2, 0.25) is 5.02 Å². The molecule has 0 spiro atoms. The Hall–Kier alpha value is -1.22. The Labute approximate surface area is 136 Å². The van der Waals surface area contributed by atoms with Gasteiger partial charge in [-0.15, -0.1) is 11.3 Å². The van der Waals surface area contributed by atoms with Crippen molar-refractivity contribution in [3.05, 3.63) is 33.9 Å². The highest BCUT2D eigenvalue weighted by Crippen LogP contribution is 2.36. The number of nitrogens with one attached hydrogen (secondary N) is 1. The fraction of sp³-hybridized carbons (Fsp3) is 0.308. The summed E-state index contributed by atoms with van der Waals surface area (Å²) < 4.78 is 38.6. The van der Waals surface area contributed by atoms with Crippen LogP contribution in [0.5, 0.6) is 0 Å². The lowest BCUT2D eigenvalue weighted by atomic mass is 10.2. The molecule has 120 valence electrons. The number of hydrogen-bond acceptors (Lipinski definition) is 4. The molecular weight excluding hydrogens is 351 g/mol. The third-order valence-electron chi connectivity index (χ3n) is 3.01. The third-order valence-corrected chi connectivity index (χ3v) is 6.49. The van der Waals surface area contributed by atoms with Gasteiger partial charge in [-0.1, -0.05) is 17.7 Å². The molecule has 0 saturated heterocycles. The Bertz CT molecular complexity index is 818. The van der Waals surface area contributed by atoms with Crippen LogP contribution in [0, 0.1) is 5.82 Å². The molecule has 1 amide bonds. The molecule has 0 aliphatic heterocycles. The number of hydrogen-bond donors (Lipinski definition) is 1. The fourth-order valence-corrected chi connectivity index (χ4v) is 3.97. The van der Waals surface area contributed by atoms with Crippen molar-refractivity contribution in [1.82, 2.24) is 9.62 Å². The molecule has 0 saturated carbocycles. The second kappa shape index (κ2) is 6.49. The van der Waals surface area contributed by atoms with E-state index in [0.717, 1.165) is 15.6 Å². The Morgan fingerprint density at radius 2 is 2.09 bits per heavy atom. The van der Waals surface area contributed by atoms with Crippen LogP contribution in [-0.2, 0) is 10.0 Å². The number of carbonyl (C=O) groups excluding carboxylic acids is 1. The first-order valence-corrected chi connectivity index (χ1v) is 9.09. The number of rotatable bonds is 5. The average Bonchev–Trinajstić information content (AvgIpc) is 2.77. The first-order valence-electron chi connectivity index (χ1n) is 6.29. The van der Waals surface area contributed by atoms with Gasteiger partial charge >= 0.3 is 0 Å². The molecule has 2 rings (SSSR count). The molecule has 1 aromatic carbocycles. The van der Waals surface area contributed by atoms with E-state index in [1.54, 1.807) is 6.07 Å². The average molecular weight is 365 g/mol. The Kier molecular flexibility index (Phi) is 5.06. The molecule has 1 N–H and O–H groups in total. The van der Waals surface area contributed by atoms with Gasteiger partial charge < -0.3 is 5.32 Å². The van der Waals surface area contributed by atoms with E-state index in [2.05, 4.69) is 5.32 Å². The number of nitrogens with zero attached hydrogens (tertiary/aromatic N) is 1. The van der Waals surface area contributed by atoms with Gasteiger partial charge in [0.2, 0.25) is 10.0 Å². The normalized spacial score (nSPS) is 12.0. The fourth-order valence-electron chi connectivity index (χ4n) is 1.77. The maximum atomic E-state index is 13.7. The van der Waals surface area contributed by atoms with Crippen molar-refractivity contribution in [2.24, 2.45) is 0 Å². The molecule has 0 aliphatic rings. The zero-order valence-corrected chi connectivity index (χ0v) is 14.3. The zero-order chi connectivity index (χ0) is 16.5. The highest BCUT2D eigenvalue weighted by molar-refractivity contribution is 7.89. The Morgan fingerprint density at radius 3 is 2.68 bits per heavy atom. The number of fused-ring (bicyclic) bond motifs is 1. The smallest absolute Gasteiger partial charge is 0.262 e. The van der Waals surface area contributed by atoms with Crippen LogP contribution in [-0.4, -0.2) is 45.0 Å². The first kappa shape index (κ1) is 17.1. The number of amides is 1. The zero-order valence-electron chi connectivity index (χ0n) is 11.9. The van der Waals surface area contributed by atoms with Crippen LogP contribution in [0.3, 0.4) is 0 Å². The highest BCUT2D eigenvalue weighted by atomic mass is 35.5. The predicted molar refractivity (Wildman–Crippen MR) is 86.6 cm³/mol. The molecule has 5 nitrogen and oxygen atoms in total. The van der Waals surface area contributed by atoms with Crippen LogP contribution in [0.25, 0.3) is 10.1 Å². The second-order valence-corrected chi connectivity index (χ2v) is 8.44. The SMILES string of the molecule is CN(C)S(=O)(=O)CCNC(=O)c1sc2cccc(F)c2c1Cl. The number of benzene rings is 1. The lowest BCUT2D eigenvalue weighted by Gasteiger charge is -2.11.